The number of anilines is 1. The maximum absolute atomic E-state index is 13.7. The SMILES string of the molecule is CNC(CCN(C)c1ccccc1)c1ccc(C)c(F)c1. The van der Waals surface area contributed by atoms with Crippen LogP contribution in [-0.4, -0.2) is 20.6 Å². The average Bonchev–Trinajstić information content (AvgIpc) is 2.52. The van der Waals surface area contributed by atoms with Gasteiger partial charge in [-0.15, -0.1) is 0 Å². The Labute approximate surface area is 126 Å². The Hall–Kier alpha value is -1.87. The predicted octanol–water partition coefficient (Wildman–Crippen LogP) is 3.92. The van der Waals surface area contributed by atoms with Crippen LogP contribution in [0.3, 0.4) is 0 Å². The van der Waals surface area contributed by atoms with Crippen molar-refractivity contribution in [3.05, 3.63) is 65.5 Å². The zero-order valence-electron chi connectivity index (χ0n) is 12.9. The molecule has 0 aliphatic carbocycles. The van der Waals surface area contributed by atoms with Gasteiger partial charge in [0.1, 0.15) is 5.82 Å². The van der Waals surface area contributed by atoms with E-state index in [2.05, 4.69) is 29.4 Å². The first-order valence-electron chi connectivity index (χ1n) is 7.31. The molecule has 2 rings (SSSR count). The second kappa shape index (κ2) is 7.23. The third-order valence-electron chi connectivity index (χ3n) is 3.90. The van der Waals surface area contributed by atoms with Crippen LogP contribution in [0.2, 0.25) is 0 Å². The summed E-state index contributed by atoms with van der Waals surface area (Å²) in [5.74, 6) is -0.135. The van der Waals surface area contributed by atoms with Crippen molar-refractivity contribution in [1.29, 1.82) is 0 Å². The number of hydrogen-bond acceptors (Lipinski definition) is 2. The molecule has 112 valence electrons. The maximum Gasteiger partial charge on any atom is 0.126 e. The summed E-state index contributed by atoms with van der Waals surface area (Å²) in [6.45, 7) is 2.70. The van der Waals surface area contributed by atoms with Crippen LogP contribution >= 0.6 is 0 Å². The Balaban J connectivity index is 2.01. The van der Waals surface area contributed by atoms with Crippen molar-refractivity contribution >= 4 is 5.69 Å². The number of benzene rings is 2. The molecule has 0 saturated heterocycles. The van der Waals surface area contributed by atoms with Crippen LogP contribution < -0.4 is 10.2 Å². The summed E-state index contributed by atoms with van der Waals surface area (Å²) in [6, 6.07) is 15.9. The van der Waals surface area contributed by atoms with Crippen LogP contribution in [0.4, 0.5) is 10.1 Å². The fraction of sp³-hybridized carbons (Fsp3) is 0.333. The smallest absolute Gasteiger partial charge is 0.126 e. The van der Waals surface area contributed by atoms with Gasteiger partial charge in [0, 0.05) is 25.3 Å². The van der Waals surface area contributed by atoms with Crippen LogP contribution in [0.15, 0.2) is 48.5 Å². The van der Waals surface area contributed by atoms with Gasteiger partial charge in [-0.05, 0) is 49.7 Å². The van der Waals surface area contributed by atoms with E-state index in [1.54, 1.807) is 13.0 Å². The van der Waals surface area contributed by atoms with Crippen molar-refractivity contribution in [3.8, 4) is 0 Å². The van der Waals surface area contributed by atoms with E-state index >= 15 is 0 Å². The van der Waals surface area contributed by atoms with Gasteiger partial charge in [0.15, 0.2) is 0 Å². The molecule has 0 heterocycles. The lowest BCUT2D eigenvalue weighted by Gasteiger charge is -2.23. The fourth-order valence-corrected chi connectivity index (χ4v) is 2.44. The number of nitrogens with zero attached hydrogens (tertiary/aromatic N) is 1. The molecule has 0 aliphatic heterocycles. The standard InChI is InChI=1S/C18H23FN2/c1-14-9-10-15(13-17(14)19)18(20-2)11-12-21(3)16-7-5-4-6-8-16/h4-10,13,18,20H,11-12H2,1-3H3. The summed E-state index contributed by atoms with van der Waals surface area (Å²) in [6.07, 6.45) is 0.921. The molecule has 0 spiro atoms. The molecule has 1 N–H and O–H groups in total. The number of halogens is 1. The molecule has 1 unspecified atom stereocenters. The van der Waals surface area contributed by atoms with E-state index in [-0.39, 0.29) is 11.9 Å². The van der Waals surface area contributed by atoms with Crippen LogP contribution in [0.5, 0.6) is 0 Å². The molecule has 3 heteroatoms. The molecule has 2 aromatic rings. The van der Waals surface area contributed by atoms with Gasteiger partial charge in [-0.25, -0.2) is 4.39 Å². The Morgan fingerprint density at radius 3 is 2.48 bits per heavy atom. The van der Waals surface area contributed by atoms with E-state index in [1.165, 1.54) is 5.69 Å². The van der Waals surface area contributed by atoms with Crippen molar-refractivity contribution < 1.29 is 4.39 Å². The number of nitrogens with one attached hydrogen (secondary N) is 1. The zero-order chi connectivity index (χ0) is 15.2. The molecule has 0 saturated carbocycles. The monoisotopic (exact) mass is 286 g/mol. The van der Waals surface area contributed by atoms with Gasteiger partial charge < -0.3 is 10.2 Å². The Morgan fingerprint density at radius 1 is 1.14 bits per heavy atom. The molecular weight excluding hydrogens is 263 g/mol. The highest BCUT2D eigenvalue weighted by atomic mass is 19.1. The van der Waals surface area contributed by atoms with E-state index in [1.807, 2.05) is 37.4 Å². The summed E-state index contributed by atoms with van der Waals surface area (Å²) >= 11 is 0. The second-order valence-electron chi connectivity index (χ2n) is 5.40. The van der Waals surface area contributed by atoms with E-state index in [0.717, 1.165) is 18.5 Å². The predicted molar refractivity (Wildman–Crippen MR) is 87.3 cm³/mol. The molecule has 2 nitrogen and oxygen atoms in total. The lowest BCUT2D eigenvalue weighted by molar-refractivity contribution is 0.541. The summed E-state index contributed by atoms with van der Waals surface area (Å²) < 4.78 is 13.7. The first-order chi connectivity index (χ1) is 10.1. The maximum atomic E-state index is 13.7. The molecular formula is C18H23FN2. The first-order valence-corrected chi connectivity index (χ1v) is 7.31. The molecule has 21 heavy (non-hydrogen) atoms. The summed E-state index contributed by atoms with van der Waals surface area (Å²) in [7, 11) is 4.00. The van der Waals surface area contributed by atoms with Crippen LogP contribution in [0, 0.1) is 12.7 Å². The highest BCUT2D eigenvalue weighted by molar-refractivity contribution is 5.44. The normalized spacial score (nSPS) is 12.2. The van der Waals surface area contributed by atoms with Crippen molar-refractivity contribution in [2.45, 2.75) is 19.4 Å². The van der Waals surface area contributed by atoms with E-state index < -0.39 is 0 Å². The summed E-state index contributed by atoms with van der Waals surface area (Å²) in [4.78, 5) is 2.22. The quantitative estimate of drug-likeness (QED) is 0.866. The minimum atomic E-state index is -0.135. The number of para-hydroxylation sites is 1. The van der Waals surface area contributed by atoms with Gasteiger partial charge in [-0.2, -0.15) is 0 Å². The van der Waals surface area contributed by atoms with Crippen molar-refractivity contribution in [2.75, 3.05) is 25.5 Å². The Bertz CT molecular complexity index is 569. The third-order valence-corrected chi connectivity index (χ3v) is 3.90. The van der Waals surface area contributed by atoms with Gasteiger partial charge in [0.2, 0.25) is 0 Å². The number of hydrogen-bond donors (Lipinski definition) is 1. The number of aryl methyl sites for hydroxylation is 1. The van der Waals surface area contributed by atoms with Gasteiger partial charge in [0.25, 0.3) is 0 Å². The largest absolute Gasteiger partial charge is 0.375 e. The molecule has 0 fully saturated rings. The van der Waals surface area contributed by atoms with Crippen molar-refractivity contribution in [1.82, 2.24) is 5.32 Å². The fourth-order valence-electron chi connectivity index (χ4n) is 2.44. The lowest BCUT2D eigenvalue weighted by atomic mass is 10.0. The second-order valence-corrected chi connectivity index (χ2v) is 5.40. The van der Waals surface area contributed by atoms with Crippen LogP contribution in [0.1, 0.15) is 23.6 Å². The van der Waals surface area contributed by atoms with Crippen molar-refractivity contribution in [3.63, 3.8) is 0 Å². The highest BCUT2D eigenvalue weighted by Gasteiger charge is 2.12. The summed E-state index contributed by atoms with van der Waals surface area (Å²) in [5.41, 5.74) is 2.89. The molecule has 1 atom stereocenters. The van der Waals surface area contributed by atoms with Gasteiger partial charge in [-0.1, -0.05) is 30.3 Å². The van der Waals surface area contributed by atoms with Gasteiger partial charge in [0.05, 0.1) is 0 Å². The minimum Gasteiger partial charge on any atom is -0.375 e. The lowest BCUT2D eigenvalue weighted by Crippen LogP contribution is -2.25. The van der Waals surface area contributed by atoms with E-state index in [9.17, 15) is 4.39 Å². The first kappa shape index (κ1) is 15.5. The van der Waals surface area contributed by atoms with Crippen LogP contribution in [-0.2, 0) is 0 Å². The Kier molecular flexibility index (Phi) is 5.34. The number of rotatable bonds is 6. The van der Waals surface area contributed by atoms with Gasteiger partial charge in [-0.3, -0.25) is 0 Å². The highest BCUT2D eigenvalue weighted by Crippen LogP contribution is 2.21. The topological polar surface area (TPSA) is 15.3 Å². The zero-order valence-corrected chi connectivity index (χ0v) is 12.9. The van der Waals surface area contributed by atoms with E-state index in [4.69, 9.17) is 0 Å². The van der Waals surface area contributed by atoms with Crippen molar-refractivity contribution in [2.24, 2.45) is 0 Å². The molecule has 2 aromatic carbocycles. The summed E-state index contributed by atoms with van der Waals surface area (Å²) in [5, 5.41) is 3.28. The third kappa shape index (κ3) is 4.05. The van der Waals surface area contributed by atoms with Crippen LogP contribution in [0.25, 0.3) is 0 Å². The molecule has 0 aliphatic rings. The van der Waals surface area contributed by atoms with Gasteiger partial charge >= 0.3 is 0 Å². The Morgan fingerprint density at radius 2 is 1.86 bits per heavy atom. The average molecular weight is 286 g/mol. The molecule has 0 amide bonds. The molecule has 0 aromatic heterocycles. The van der Waals surface area contributed by atoms with E-state index in [0.29, 0.717) is 5.56 Å². The minimum absolute atomic E-state index is 0.135. The molecule has 0 radical (unpaired) electrons. The molecule has 0 bridgehead atoms.